The Labute approximate surface area is 155 Å². The smallest absolute Gasteiger partial charge is 0.348 e. The van der Waals surface area contributed by atoms with Crippen molar-refractivity contribution in [2.24, 2.45) is 0 Å². The van der Waals surface area contributed by atoms with E-state index in [0.717, 1.165) is 4.90 Å². The number of esters is 1. The van der Waals surface area contributed by atoms with Crippen LogP contribution in [0.3, 0.4) is 0 Å². The molecule has 1 saturated carbocycles. The van der Waals surface area contributed by atoms with Gasteiger partial charge in [-0.3, -0.25) is 9.36 Å². The minimum absolute atomic E-state index is 0.209. The van der Waals surface area contributed by atoms with Crippen molar-refractivity contribution in [2.75, 3.05) is 21.3 Å². The number of thioether (sulfide) groups is 1. The quantitative estimate of drug-likeness (QED) is 0.376. The minimum Gasteiger partial charge on any atom is -0.468 e. The van der Waals surface area contributed by atoms with Crippen LogP contribution in [0, 0.1) is 0 Å². The molecule has 0 radical (unpaired) electrons. The topological polar surface area (TPSA) is 61.8 Å². The molecule has 1 aromatic carbocycles. The first-order valence-corrected chi connectivity index (χ1v) is 14.2. The number of ether oxygens (including phenoxy) is 1. The van der Waals surface area contributed by atoms with Crippen molar-refractivity contribution in [1.82, 2.24) is 0 Å². The Hall–Kier alpha value is -0.593. The van der Waals surface area contributed by atoms with Gasteiger partial charge in [0.2, 0.25) is 0 Å². The molecule has 5 nitrogen and oxygen atoms in total. The number of rotatable bonds is 7. The summed E-state index contributed by atoms with van der Waals surface area (Å²) < 4.78 is 29.0. The fraction of sp³-hybridized carbons (Fsp3) is 0.588. The Morgan fingerprint density at radius 3 is 2.16 bits per heavy atom. The lowest BCUT2D eigenvalue weighted by atomic mass is 9.82. The van der Waals surface area contributed by atoms with Crippen LogP contribution in [0.2, 0.25) is 25.2 Å². The molecule has 3 atom stereocenters. The van der Waals surface area contributed by atoms with Crippen molar-refractivity contribution in [3.05, 3.63) is 30.3 Å². The fourth-order valence-corrected chi connectivity index (χ4v) is 11.2. The van der Waals surface area contributed by atoms with Crippen LogP contribution < -0.4 is 0 Å². The number of carbonyl (C=O) groups is 1. The average Bonchev–Trinajstić information content (AvgIpc) is 2.58. The van der Waals surface area contributed by atoms with Crippen LogP contribution >= 0.6 is 19.4 Å². The van der Waals surface area contributed by atoms with E-state index in [1.807, 2.05) is 30.3 Å². The Morgan fingerprint density at radius 1 is 1.16 bits per heavy atom. The molecular weight excluding hydrogens is 375 g/mol. The predicted octanol–water partition coefficient (Wildman–Crippen LogP) is 4.66. The van der Waals surface area contributed by atoms with Crippen molar-refractivity contribution >= 4 is 33.4 Å². The predicted molar refractivity (Wildman–Crippen MR) is 104 cm³/mol. The molecule has 1 aromatic rings. The largest absolute Gasteiger partial charge is 0.468 e. The van der Waals surface area contributed by atoms with E-state index in [0.29, 0.717) is 12.0 Å². The summed E-state index contributed by atoms with van der Waals surface area (Å²) in [6.45, 7) is 6.80. The highest BCUT2D eigenvalue weighted by molar-refractivity contribution is 8.00. The van der Waals surface area contributed by atoms with Gasteiger partial charge in [-0.25, -0.2) is 0 Å². The Morgan fingerprint density at radius 2 is 1.72 bits per heavy atom. The van der Waals surface area contributed by atoms with Gasteiger partial charge in [0.15, 0.2) is 5.16 Å². The lowest BCUT2D eigenvalue weighted by Gasteiger charge is -2.57. The second-order valence-electron chi connectivity index (χ2n) is 7.31. The summed E-state index contributed by atoms with van der Waals surface area (Å²) in [6, 6.07) is 9.85. The third-order valence-corrected chi connectivity index (χ3v) is 12.3. The third kappa shape index (κ3) is 3.49. The molecule has 0 N–H and O–H groups in total. The lowest BCUT2D eigenvalue weighted by Crippen LogP contribution is -2.64. The van der Waals surface area contributed by atoms with E-state index in [9.17, 15) is 9.36 Å². The zero-order chi connectivity index (χ0) is 18.9. The Balaban J connectivity index is 2.53. The van der Waals surface area contributed by atoms with Gasteiger partial charge in [-0.15, -0.1) is 11.8 Å². The van der Waals surface area contributed by atoms with Crippen LogP contribution in [0.25, 0.3) is 0 Å². The van der Waals surface area contributed by atoms with E-state index in [2.05, 4.69) is 19.6 Å². The molecule has 1 aliphatic carbocycles. The Bertz CT molecular complexity index is 655. The van der Waals surface area contributed by atoms with E-state index < -0.39 is 26.8 Å². The van der Waals surface area contributed by atoms with Crippen LogP contribution in [-0.2, 0) is 23.1 Å². The average molecular weight is 403 g/mol. The van der Waals surface area contributed by atoms with E-state index in [4.69, 9.17) is 13.8 Å². The molecule has 0 aliphatic heterocycles. The van der Waals surface area contributed by atoms with Crippen molar-refractivity contribution in [2.45, 2.75) is 46.9 Å². The molecule has 0 bridgehead atoms. The SMILES string of the molecule is COC(=O)[C@@]1(P(=O)(OC)OC)C[C@@H]([Si](C)(C)C)[C@@H]1Sc1ccccc1. The van der Waals surface area contributed by atoms with Crippen LogP contribution in [0.15, 0.2) is 35.2 Å². The zero-order valence-electron chi connectivity index (χ0n) is 15.6. The van der Waals surface area contributed by atoms with Gasteiger partial charge in [0, 0.05) is 32.4 Å². The highest BCUT2D eigenvalue weighted by Gasteiger charge is 2.73. The molecular formula is C17H27O5PSSi. The van der Waals surface area contributed by atoms with Crippen molar-refractivity contribution in [3.63, 3.8) is 0 Å². The van der Waals surface area contributed by atoms with Gasteiger partial charge in [0.25, 0.3) is 0 Å². The standard InChI is InChI=1S/C17H27O5PSSi/c1-20-16(18)17(23(19,21-2)22-3)12-14(25(4,5)6)15(17)24-13-10-8-7-9-11-13/h7-11,14-15H,12H2,1-6H3/t14-,15+,17-/m1/s1. The van der Waals surface area contributed by atoms with Crippen molar-refractivity contribution < 1.29 is 23.1 Å². The molecule has 1 fully saturated rings. The van der Waals surface area contributed by atoms with Gasteiger partial charge in [0.05, 0.1) is 7.11 Å². The molecule has 0 aromatic heterocycles. The van der Waals surface area contributed by atoms with Crippen LogP contribution in [0.5, 0.6) is 0 Å². The maximum atomic E-state index is 13.4. The van der Waals surface area contributed by atoms with Gasteiger partial charge in [-0.1, -0.05) is 37.8 Å². The lowest BCUT2D eigenvalue weighted by molar-refractivity contribution is -0.146. The summed E-state index contributed by atoms with van der Waals surface area (Å²) in [4.78, 5) is 13.8. The Kier molecular flexibility index (Phi) is 6.27. The first kappa shape index (κ1) is 20.7. The van der Waals surface area contributed by atoms with Gasteiger partial charge in [-0.2, -0.15) is 0 Å². The monoisotopic (exact) mass is 402 g/mol. The van der Waals surface area contributed by atoms with Gasteiger partial charge >= 0.3 is 13.6 Å². The third-order valence-electron chi connectivity index (χ3n) is 4.99. The van der Waals surface area contributed by atoms with Gasteiger partial charge in [-0.05, 0) is 24.1 Å². The highest BCUT2D eigenvalue weighted by Crippen LogP contribution is 2.74. The van der Waals surface area contributed by atoms with E-state index in [-0.39, 0.29) is 5.25 Å². The summed E-state index contributed by atoms with van der Waals surface area (Å²) in [5, 5.41) is -1.48. The second-order valence-corrected chi connectivity index (χ2v) is 16.5. The summed E-state index contributed by atoms with van der Waals surface area (Å²) >= 11 is 1.58. The van der Waals surface area contributed by atoms with E-state index in [1.165, 1.54) is 21.3 Å². The van der Waals surface area contributed by atoms with Crippen molar-refractivity contribution in [3.8, 4) is 0 Å². The second kappa shape index (κ2) is 7.57. The maximum Gasteiger partial charge on any atom is 0.348 e. The molecule has 2 rings (SSSR count). The summed E-state index contributed by atoms with van der Waals surface area (Å²) in [5.41, 5.74) is 0.301. The van der Waals surface area contributed by atoms with Crippen LogP contribution in [0.1, 0.15) is 6.42 Å². The first-order valence-electron chi connectivity index (χ1n) is 8.18. The van der Waals surface area contributed by atoms with Gasteiger partial charge < -0.3 is 13.8 Å². The highest BCUT2D eigenvalue weighted by atomic mass is 32.2. The summed E-state index contributed by atoms with van der Waals surface area (Å²) in [6.07, 6.45) is 0.471. The normalized spacial score (nSPS) is 26.8. The number of hydrogen-bond donors (Lipinski definition) is 0. The molecule has 0 spiro atoms. The minimum atomic E-state index is -3.66. The molecule has 8 heteroatoms. The molecule has 1 aliphatic rings. The summed E-state index contributed by atoms with van der Waals surface area (Å²) in [7, 11) is -1.27. The van der Waals surface area contributed by atoms with Crippen molar-refractivity contribution in [1.29, 1.82) is 0 Å². The molecule has 0 unspecified atom stereocenters. The van der Waals surface area contributed by atoms with E-state index in [1.54, 1.807) is 11.8 Å². The molecule has 25 heavy (non-hydrogen) atoms. The van der Waals surface area contributed by atoms with Crippen LogP contribution in [-0.4, -0.2) is 45.8 Å². The summed E-state index contributed by atoms with van der Waals surface area (Å²) in [5.74, 6) is -0.512. The maximum absolute atomic E-state index is 13.4. The molecule has 140 valence electrons. The molecule has 0 amide bonds. The van der Waals surface area contributed by atoms with E-state index >= 15 is 0 Å². The number of carbonyl (C=O) groups excluding carboxylic acids is 1. The fourth-order valence-electron chi connectivity index (χ4n) is 3.47. The number of hydrogen-bond acceptors (Lipinski definition) is 6. The number of methoxy groups -OCH3 is 1. The first-order chi connectivity index (χ1) is 11.7. The van der Waals surface area contributed by atoms with Crippen LogP contribution in [0.4, 0.5) is 0 Å². The molecule has 0 saturated heterocycles. The van der Waals surface area contributed by atoms with Gasteiger partial charge in [0.1, 0.15) is 0 Å². The molecule has 0 heterocycles. The zero-order valence-corrected chi connectivity index (χ0v) is 18.4. The number of benzene rings is 1.